The molecule has 2 N–H and O–H groups in total. The van der Waals surface area contributed by atoms with E-state index in [-0.39, 0.29) is 6.04 Å². The molecule has 18 heavy (non-hydrogen) atoms. The molecule has 100 valence electrons. The fourth-order valence-corrected chi connectivity index (χ4v) is 2.11. The molecule has 1 aliphatic heterocycles. The summed E-state index contributed by atoms with van der Waals surface area (Å²) in [5, 5.41) is 0. The average molecular weight is 250 g/mol. The van der Waals surface area contributed by atoms with Crippen molar-refractivity contribution >= 4 is 5.95 Å². The molecule has 1 fully saturated rings. The highest BCUT2D eigenvalue weighted by atomic mass is 16.5. The number of aromatic nitrogens is 2. The van der Waals surface area contributed by atoms with E-state index in [1.54, 1.807) is 0 Å². The lowest BCUT2D eigenvalue weighted by Gasteiger charge is -2.25. The van der Waals surface area contributed by atoms with Crippen LogP contribution in [0.1, 0.15) is 31.2 Å². The SMILES string of the molecule is CC(CN)N(C)c1ncc(C2CCOCC2)cn1. The van der Waals surface area contributed by atoms with Crippen molar-refractivity contribution < 1.29 is 4.74 Å². The summed E-state index contributed by atoms with van der Waals surface area (Å²) in [4.78, 5) is 10.9. The number of nitrogens with two attached hydrogens (primary N) is 1. The van der Waals surface area contributed by atoms with Crippen molar-refractivity contribution in [3.8, 4) is 0 Å². The lowest BCUT2D eigenvalue weighted by molar-refractivity contribution is 0.0852. The van der Waals surface area contributed by atoms with Crippen molar-refractivity contribution in [1.82, 2.24) is 9.97 Å². The molecule has 0 aliphatic carbocycles. The lowest BCUT2D eigenvalue weighted by Crippen LogP contribution is -2.36. The van der Waals surface area contributed by atoms with Gasteiger partial charge in [-0.2, -0.15) is 0 Å². The highest BCUT2D eigenvalue weighted by molar-refractivity contribution is 5.30. The van der Waals surface area contributed by atoms with Crippen LogP contribution in [0.4, 0.5) is 5.95 Å². The van der Waals surface area contributed by atoms with Crippen molar-refractivity contribution in [1.29, 1.82) is 0 Å². The van der Waals surface area contributed by atoms with Crippen LogP contribution in [0.5, 0.6) is 0 Å². The van der Waals surface area contributed by atoms with E-state index in [0.29, 0.717) is 12.5 Å². The van der Waals surface area contributed by atoms with Crippen molar-refractivity contribution in [2.24, 2.45) is 5.73 Å². The second-order valence-electron chi connectivity index (χ2n) is 4.90. The second kappa shape index (κ2) is 6.11. The Labute approximate surface area is 108 Å². The average Bonchev–Trinajstić information content (AvgIpc) is 2.47. The molecule has 1 aliphatic rings. The molecule has 1 aromatic rings. The number of hydrogen-bond donors (Lipinski definition) is 1. The number of rotatable bonds is 4. The van der Waals surface area contributed by atoms with Gasteiger partial charge in [-0.25, -0.2) is 9.97 Å². The molecule has 1 unspecified atom stereocenters. The van der Waals surface area contributed by atoms with Crippen LogP contribution < -0.4 is 10.6 Å². The summed E-state index contributed by atoms with van der Waals surface area (Å²) in [6, 6.07) is 0.249. The molecule has 0 saturated carbocycles. The zero-order valence-electron chi connectivity index (χ0n) is 11.2. The van der Waals surface area contributed by atoms with Crippen molar-refractivity contribution in [2.45, 2.75) is 31.7 Å². The van der Waals surface area contributed by atoms with Crippen LogP contribution in [0, 0.1) is 0 Å². The smallest absolute Gasteiger partial charge is 0.225 e. The Balaban J connectivity index is 2.04. The van der Waals surface area contributed by atoms with Crippen LogP contribution in [-0.2, 0) is 4.74 Å². The summed E-state index contributed by atoms with van der Waals surface area (Å²) in [6.07, 6.45) is 6.02. The van der Waals surface area contributed by atoms with E-state index in [4.69, 9.17) is 10.5 Å². The van der Waals surface area contributed by atoms with E-state index >= 15 is 0 Å². The monoisotopic (exact) mass is 250 g/mol. The van der Waals surface area contributed by atoms with E-state index in [9.17, 15) is 0 Å². The van der Waals surface area contributed by atoms with Crippen LogP contribution in [0.25, 0.3) is 0 Å². The van der Waals surface area contributed by atoms with Crippen molar-refractivity contribution in [3.05, 3.63) is 18.0 Å². The number of ether oxygens (including phenoxy) is 1. The van der Waals surface area contributed by atoms with E-state index in [0.717, 1.165) is 32.0 Å². The third kappa shape index (κ3) is 2.97. The van der Waals surface area contributed by atoms with Crippen LogP contribution in [-0.4, -0.2) is 42.8 Å². The molecule has 1 aromatic heterocycles. The van der Waals surface area contributed by atoms with Gasteiger partial charge in [0.15, 0.2) is 0 Å². The summed E-state index contributed by atoms with van der Waals surface area (Å²) in [5.41, 5.74) is 6.86. The summed E-state index contributed by atoms with van der Waals surface area (Å²) in [6.45, 7) is 4.35. The molecule has 0 spiro atoms. The third-order valence-corrected chi connectivity index (χ3v) is 3.67. The second-order valence-corrected chi connectivity index (χ2v) is 4.90. The van der Waals surface area contributed by atoms with Gasteiger partial charge in [0.2, 0.25) is 5.95 Å². The molecule has 0 radical (unpaired) electrons. The van der Waals surface area contributed by atoms with E-state index < -0.39 is 0 Å². The summed E-state index contributed by atoms with van der Waals surface area (Å²) >= 11 is 0. The summed E-state index contributed by atoms with van der Waals surface area (Å²) < 4.78 is 5.37. The van der Waals surface area contributed by atoms with Gasteiger partial charge in [0.1, 0.15) is 0 Å². The largest absolute Gasteiger partial charge is 0.381 e. The van der Waals surface area contributed by atoms with Gasteiger partial charge in [0.25, 0.3) is 0 Å². The first kappa shape index (κ1) is 13.2. The molecule has 0 bridgehead atoms. The Kier molecular flexibility index (Phi) is 4.49. The Morgan fingerprint density at radius 1 is 1.39 bits per heavy atom. The van der Waals surface area contributed by atoms with Crippen molar-refractivity contribution in [3.63, 3.8) is 0 Å². The molecule has 1 saturated heterocycles. The predicted octanol–water partition coefficient (Wildman–Crippen LogP) is 1.15. The minimum atomic E-state index is 0.249. The highest BCUT2D eigenvalue weighted by Gasteiger charge is 2.17. The maximum Gasteiger partial charge on any atom is 0.225 e. The topological polar surface area (TPSA) is 64.3 Å². The van der Waals surface area contributed by atoms with Gasteiger partial charge in [-0.05, 0) is 31.2 Å². The van der Waals surface area contributed by atoms with Gasteiger partial charge in [-0.15, -0.1) is 0 Å². The summed E-state index contributed by atoms with van der Waals surface area (Å²) in [7, 11) is 1.97. The molecule has 2 heterocycles. The van der Waals surface area contributed by atoms with Gasteiger partial charge in [0, 0.05) is 45.2 Å². The Morgan fingerprint density at radius 3 is 2.56 bits per heavy atom. The maximum atomic E-state index is 5.65. The number of anilines is 1. The molecule has 1 atom stereocenters. The predicted molar refractivity (Wildman–Crippen MR) is 71.7 cm³/mol. The molecular weight excluding hydrogens is 228 g/mol. The number of nitrogens with zero attached hydrogens (tertiary/aromatic N) is 3. The Bertz CT molecular complexity index is 341. The van der Waals surface area contributed by atoms with Gasteiger partial charge < -0.3 is 15.4 Å². The minimum Gasteiger partial charge on any atom is -0.381 e. The molecule has 2 rings (SSSR count). The first-order valence-electron chi connectivity index (χ1n) is 6.55. The molecule has 0 amide bonds. The number of hydrogen-bond acceptors (Lipinski definition) is 5. The molecule has 0 aromatic carbocycles. The zero-order valence-corrected chi connectivity index (χ0v) is 11.2. The first-order chi connectivity index (χ1) is 8.72. The highest BCUT2D eigenvalue weighted by Crippen LogP contribution is 2.26. The van der Waals surface area contributed by atoms with Crippen LogP contribution in [0.2, 0.25) is 0 Å². The number of likely N-dealkylation sites (N-methyl/N-ethyl adjacent to an activating group) is 1. The van der Waals surface area contributed by atoms with Crippen LogP contribution in [0.3, 0.4) is 0 Å². The molecule has 5 nitrogen and oxygen atoms in total. The zero-order chi connectivity index (χ0) is 13.0. The van der Waals surface area contributed by atoms with Crippen LogP contribution >= 0.6 is 0 Å². The summed E-state index contributed by atoms with van der Waals surface area (Å²) in [5.74, 6) is 1.29. The molecular formula is C13H22N4O. The van der Waals surface area contributed by atoms with Gasteiger partial charge in [0.05, 0.1) is 0 Å². The fraction of sp³-hybridized carbons (Fsp3) is 0.692. The van der Waals surface area contributed by atoms with E-state index in [1.165, 1.54) is 5.56 Å². The quantitative estimate of drug-likeness (QED) is 0.868. The van der Waals surface area contributed by atoms with Gasteiger partial charge in [-0.1, -0.05) is 0 Å². The van der Waals surface area contributed by atoms with Crippen molar-refractivity contribution in [2.75, 3.05) is 31.7 Å². The Morgan fingerprint density at radius 2 is 2.00 bits per heavy atom. The lowest BCUT2D eigenvalue weighted by atomic mass is 9.94. The first-order valence-corrected chi connectivity index (χ1v) is 6.55. The molecule has 5 heteroatoms. The van der Waals surface area contributed by atoms with E-state index in [1.807, 2.05) is 24.3 Å². The van der Waals surface area contributed by atoms with E-state index in [2.05, 4.69) is 16.9 Å². The van der Waals surface area contributed by atoms with Gasteiger partial charge in [-0.3, -0.25) is 0 Å². The Hall–Kier alpha value is -1.20. The fourth-order valence-electron chi connectivity index (χ4n) is 2.11. The standard InChI is InChI=1S/C13H22N4O/c1-10(7-14)17(2)13-15-8-12(9-16-13)11-3-5-18-6-4-11/h8-11H,3-7,14H2,1-2H3. The normalized spacial score (nSPS) is 18.6. The maximum absolute atomic E-state index is 5.65. The third-order valence-electron chi connectivity index (χ3n) is 3.67. The minimum absolute atomic E-state index is 0.249. The van der Waals surface area contributed by atoms with Crippen LogP contribution in [0.15, 0.2) is 12.4 Å². The van der Waals surface area contributed by atoms with Gasteiger partial charge >= 0.3 is 0 Å².